The van der Waals surface area contributed by atoms with E-state index in [-0.39, 0.29) is 5.91 Å². The fraction of sp³-hybridized carbons (Fsp3) is 0.562. The van der Waals surface area contributed by atoms with Gasteiger partial charge in [-0.1, -0.05) is 51.2 Å². The van der Waals surface area contributed by atoms with E-state index in [1.807, 2.05) is 24.3 Å². The minimum Gasteiger partial charge on any atom is -0.385 e. The van der Waals surface area contributed by atoms with Crippen molar-refractivity contribution in [3.05, 3.63) is 29.8 Å². The van der Waals surface area contributed by atoms with Crippen molar-refractivity contribution in [1.82, 2.24) is 0 Å². The fourth-order valence-corrected chi connectivity index (χ4v) is 2.08. The molecule has 3 nitrogen and oxygen atoms in total. The van der Waals surface area contributed by atoms with Gasteiger partial charge in [-0.25, -0.2) is 0 Å². The molecule has 0 aliphatic carbocycles. The number of anilines is 1. The molecule has 0 spiro atoms. The summed E-state index contributed by atoms with van der Waals surface area (Å²) in [5.74, 6) is -0.284. The van der Waals surface area contributed by atoms with Gasteiger partial charge in [-0.3, -0.25) is 4.79 Å². The molecule has 0 aliphatic rings. The van der Waals surface area contributed by atoms with Gasteiger partial charge in [-0.15, -0.1) is 0 Å². The first-order chi connectivity index (χ1) is 9.22. The van der Waals surface area contributed by atoms with Crippen molar-refractivity contribution in [1.29, 1.82) is 0 Å². The van der Waals surface area contributed by atoms with Gasteiger partial charge in [-0.2, -0.15) is 0 Å². The molecular weight excluding hydrogens is 236 g/mol. The summed E-state index contributed by atoms with van der Waals surface area (Å²) in [6, 6.07) is 7.92. The van der Waals surface area contributed by atoms with E-state index in [2.05, 4.69) is 12.2 Å². The molecule has 1 rings (SSSR count). The highest BCUT2D eigenvalue weighted by atomic mass is 16.1. The summed E-state index contributed by atoms with van der Waals surface area (Å²) in [4.78, 5) is 10.8. The lowest BCUT2D eigenvalue weighted by Crippen LogP contribution is -2.13. The summed E-state index contributed by atoms with van der Waals surface area (Å²) >= 11 is 0. The van der Waals surface area contributed by atoms with Gasteiger partial charge in [0, 0.05) is 12.2 Å². The Morgan fingerprint density at radius 3 is 2.32 bits per heavy atom. The maximum atomic E-state index is 10.8. The van der Waals surface area contributed by atoms with Crippen LogP contribution < -0.4 is 11.1 Å². The molecule has 0 unspecified atom stereocenters. The first-order valence-corrected chi connectivity index (χ1v) is 7.33. The number of nitrogens with one attached hydrogen (secondary N) is 1. The molecule has 19 heavy (non-hydrogen) atoms. The zero-order valence-corrected chi connectivity index (χ0v) is 12.0. The van der Waals surface area contributed by atoms with Crippen molar-refractivity contribution in [2.24, 2.45) is 5.73 Å². The third-order valence-corrected chi connectivity index (χ3v) is 3.19. The number of benzene rings is 1. The van der Waals surface area contributed by atoms with Gasteiger partial charge in [0.1, 0.15) is 0 Å². The van der Waals surface area contributed by atoms with E-state index in [1.165, 1.54) is 38.5 Å². The minimum absolute atomic E-state index is 0.284. The molecule has 3 heteroatoms. The number of carbonyl (C=O) groups is 1. The molecule has 0 heterocycles. The second-order valence-electron chi connectivity index (χ2n) is 5.03. The minimum atomic E-state index is -0.284. The predicted octanol–water partition coefficient (Wildman–Crippen LogP) is 3.49. The van der Waals surface area contributed by atoms with Crippen LogP contribution in [0.15, 0.2) is 24.3 Å². The summed E-state index contributed by atoms with van der Waals surface area (Å²) < 4.78 is 0. The normalized spacial score (nSPS) is 10.4. The van der Waals surface area contributed by atoms with Crippen LogP contribution in [0.1, 0.15) is 51.0 Å². The van der Waals surface area contributed by atoms with Gasteiger partial charge in [-0.05, 0) is 24.1 Å². The van der Waals surface area contributed by atoms with Gasteiger partial charge in [0.2, 0.25) is 5.91 Å². The number of hydrogen-bond donors (Lipinski definition) is 2. The fourth-order valence-electron chi connectivity index (χ4n) is 2.08. The molecule has 0 aliphatic heterocycles. The topological polar surface area (TPSA) is 55.1 Å². The van der Waals surface area contributed by atoms with Crippen molar-refractivity contribution in [2.75, 3.05) is 11.9 Å². The van der Waals surface area contributed by atoms with E-state index in [1.54, 1.807) is 0 Å². The SMILES string of the molecule is CCCCCCCCNc1ccc(CC(N)=O)cc1. The van der Waals surface area contributed by atoms with Crippen molar-refractivity contribution in [3.63, 3.8) is 0 Å². The van der Waals surface area contributed by atoms with E-state index >= 15 is 0 Å². The number of amides is 1. The molecule has 0 radical (unpaired) electrons. The Balaban J connectivity index is 2.14. The Bertz CT molecular complexity index is 360. The second-order valence-corrected chi connectivity index (χ2v) is 5.03. The Labute approximate surface area is 116 Å². The molecule has 0 bridgehead atoms. The Kier molecular flexibility index (Phi) is 7.71. The van der Waals surface area contributed by atoms with Crippen LogP contribution in [0, 0.1) is 0 Å². The number of rotatable bonds is 10. The Hall–Kier alpha value is -1.51. The third-order valence-electron chi connectivity index (χ3n) is 3.19. The number of unbranched alkanes of at least 4 members (excludes halogenated alkanes) is 5. The Morgan fingerprint density at radius 1 is 1.05 bits per heavy atom. The van der Waals surface area contributed by atoms with E-state index in [9.17, 15) is 4.79 Å². The van der Waals surface area contributed by atoms with E-state index < -0.39 is 0 Å². The van der Waals surface area contributed by atoms with Gasteiger partial charge >= 0.3 is 0 Å². The molecular formula is C16H26N2O. The van der Waals surface area contributed by atoms with Crippen LogP contribution in [0.3, 0.4) is 0 Å². The van der Waals surface area contributed by atoms with Crippen LogP contribution in [-0.2, 0) is 11.2 Å². The molecule has 1 amide bonds. The van der Waals surface area contributed by atoms with Gasteiger partial charge < -0.3 is 11.1 Å². The summed E-state index contributed by atoms with van der Waals surface area (Å²) in [5, 5.41) is 3.40. The molecule has 0 aromatic heterocycles. The average molecular weight is 262 g/mol. The lowest BCUT2D eigenvalue weighted by molar-refractivity contribution is -0.117. The highest BCUT2D eigenvalue weighted by Gasteiger charge is 1.98. The average Bonchev–Trinajstić information content (AvgIpc) is 2.39. The van der Waals surface area contributed by atoms with Crippen LogP contribution in [0.25, 0.3) is 0 Å². The van der Waals surface area contributed by atoms with Crippen LogP contribution >= 0.6 is 0 Å². The number of carbonyl (C=O) groups excluding carboxylic acids is 1. The van der Waals surface area contributed by atoms with Gasteiger partial charge in [0.15, 0.2) is 0 Å². The molecule has 0 saturated heterocycles. The highest BCUT2D eigenvalue weighted by molar-refractivity contribution is 5.76. The zero-order valence-electron chi connectivity index (χ0n) is 12.0. The summed E-state index contributed by atoms with van der Waals surface area (Å²) in [6.45, 7) is 3.25. The van der Waals surface area contributed by atoms with Gasteiger partial charge in [0.05, 0.1) is 6.42 Å². The van der Waals surface area contributed by atoms with Crippen molar-refractivity contribution < 1.29 is 4.79 Å². The van der Waals surface area contributed by atoms with Crippen LogP contribution in [-0.4, -0.2) is 12.5 Å². The van der Waals surface area contributed by atoms with Crippen LogP contribution in [0.2, 0.25) is 0 Å². The Morgan fingerprint density at radius 2 is 1.68 bits per heavy atom. The first-order valence-electron chi connectivity index (χ1n) is 7.33. The smallest absolute Gasteiger partial charge is 0.221 e. The number of nitrogens with two attached hydrogens (primary N) is 1. The van der Waals surface area contributed by atoms with E-state index in [0.717, 1.165) is 17.8 Å². The summed E-state index contributed by atoms with van der Waals surface area (Å²) in [6.07, 6.45) is 8.19. The molecule has 1 aromatic rings. The molecule has 106 valence electrons. The first kappa shape index (κ1) is 15.5. The molecule has 0 fully saturated rings. The summed E-state index contributed by atoms with van der Waals surface area (Å²) in [7, 11) is 0. The lowest BCUT2D eigenvalue weighted by Gasteiger charge is -2.07. The summed E-state index contributed by atoms with van der Waals surface area (Å²) in [5.41, 5.74) is 7.24. The van der Waals surface area contributed by atoms with Gasteiger partial charge in [0.25, 0.3) is 0 Å². The molecule has 3 N–H and O–H groups in total. The maximum Gasteiger partial charge on any atom is 0.221 e. The highest BCUT2D eigenvalue weighted by Crippen LogP contribution is 2.11. The van der Waals surface area contributed by atoms with Crippen LogP contribution in [0.5, 0.6) is 0 Å². The third kappa shape index (κ3) is 7.50. The standard InChI is InChI=1S/C16H26N2O/c1-2-3-4-5-6-7-12-18-15-10-8-14(9-11-15)13-16(17)19/h8-11,18H,2-7,12-13H2,1H3,(H2,17,19). The van der Waals surface area contributed by atoms with E-state index in [4.69, 9.17) is 5.73 Å². The molecule has 1 aromatic carbocycles. The lowest BCUT2D eigenvalue weighted by atomic mass is 10.1. The molecule has 0 atom stereocenters. The largest absolute Gasteiger partial charge is 0.385 e. The van der Waals surface area contributed by atoms with E-state index in [0.29, 0.717) is 6.42 Å². The number of hydrogen-bond acceptors (Lipinski definition) is 2. The monoisotopic (exact) mass is 262 g/mol. The quantitative estimate of drug-likeness (QED) is 0.634. The molecule has 0 saturated carbocycles. The predicted molar refractivity (Wildman–Crippen MR) is 81.2 cm³/mol. The number of primary amides is 1. The van der Waals surface area contributed by atoms with Crippen molar-refractivity contribution >= 4 is 11.6 Å². The zero-order chi connectivity index (χ0) is 13.9. The van der Waals surface area contributed by atoms with Crippen LogP contribution in [0.4, 0.5) is 5.69 Å². The van der Waals surface area contributed by atoms with Crippen molar-refractivity contribution in [2.45, 2.75) is 51.9 Å². The maximum absolute atomic E-state index is 10.8. The second kappa shape index (κ2) is 9.42. The van der Waals surface area contributed by atoms with Crippen molar-refractivity contribution in [3.8, 4) is 0 Å².